The molecule has 106 valence electrons. The molecule has 0 amide bonds. The summed E-state index contributed by atoms with van der Waals surface area (Å²) in [6, 6.07) is 8.69. The fourth-order valence-corrected chi connectivity index (χ4v) is 2.90. The summed E-state index contributed by atoms with van der Waals surface area (Å²) < 4.78 is 6.36. The van der Waals surface area contributed by atoms with Gasteiger partial charge in [0.25, 0.3) is 0 Å². The van der Waals surface area contributed by atoms with Gasteiger partial charge in [-0.15, -0.1) is 0 Å². The summed E-state index contributed by atoms with van der Waals surface area (Å²) in [6.45, 7) is 5.37. The Hall–Kier alpha value is -0.860. The van der Waals surface area contributed by atoms with Gasteiger partial charge in [-0.1, -0.05) is 36.8 Å². The minimum absolute atomic E-state index is 0.184. The lowest BCUT2D eigenvalue weighted by molar-refractivity contribution is -0.0356. The summed E-state index contributed by atoms with van der Waals surface area (Å²) in [6.07, 6.45) is 5.67. The van der Waals surface area contributed by atoms with Gasteiger partial charge in [-0.3, -0.25) is 0 Å². The zero-order valence-corrected chi connectivity index (χ0v) is 12.5. The van der Waals surface area contributed by atoms with Crippen molar-refractivity contribution >= 4 is 0 Å². The van der Waals surface area contributed by atoms with Gasteiger partial charge in [-0.25, -0.2) is 0 Å². The van der Waals surface area contributed by atoms with E-state index in [-0.39, 0.29) is 6.10 Å². The summed E-state index contributed by atoms with van der Waals surface area (Å²) in [5.41, 5.74) is 2.60. The molecule has 1 N–H and O–H groups in total. The second kappa shape index (κ2) is 7.06. The fourth-order valence-electron chi connectivity index (χ4n) is 2.90. The number of hydrogen-bond acceptors (Lipinski definition) is 2. The molecule has 2 rings (SSSR count). The first kappa shape index (κ1) is 14.5. The largest absolute Gasteiger partial charge is 0.369 e. The molecule has 1 aromatic carbocycles. The molecule has 1 saturated carbocycles. The number of nitrogens with one attached hydrogen (secondary N) is 1. The van der Waals surface area contributed by atoms with E-state index in [1.807, 2.05) is 7.05 Å². The van der Waals surface area contributed by atoms with Crippen LogP contribution in [0.3, 0.4) is 0 Å². The second-order valence-electron chi connectivity index (χ2n) is 5.98. The predicted molar refractivity (Wildman–Crippen MR) is 80.4 cm³/mol. The highest BCUT2D eigenvalue weighted by atomic mass is 16.5. The van der Waals surface area contributed by atoms with E-state index in [1.54, 1.807) is 0 Å². The SMILES string of the molecule is CNCC(OC1CCC(C)CC1)c1cccc(C)c1. The van der Waals surface area contributed by atoms with Crippen molar-refractivity contribution in [3.8, 4) is 0 Å². The standard InChI is InChI=1S/C17H27NO/c1-13-7-9-16(10-8-13)19-17(12-18-3)15-6-4-5-14(2)11-15/h4-6,11,13,16-18H,7-10,12H2,1-3H3. The Kier molecular flexibility index (Phi) is 5.41. The Morgan fingerprint density at radius 2 is 2.00 bits per heavy atom. The van der Waals surface area contributed by atoms with Crippen LogP contribution in [0.2, 0.25) is 0 Å². The summed E-state index contributed by atoms with van der Waals surface area (Å²) in [4.78, 5) is 0. The highest BCUT2D eigenvalue weighted by Crippen LogP contribution is 2.29. The van der Waals surface area contributed by atoms with Gasteiger partial charge in [0.15, 0.2) is 0 Å². The van der Waals surface area contributed by atoms with Crippen LogP contribution in [-0.4, -0.2) is 19.7 Å². The van der Waals surface area contributed by atoms with Crippen LogP contribution in [0.4, 0.5) is 0 Å². The number of likely N-dealkylation sites (N-methyl/N-ethyl adjacent to an activating group) is 1. The van der Waals surface area contributed by atoms with Crippen molar-refractivity contribution in [3.63, 3.8) is 0 Å². The molecule has 0 aromatic heterocycles. The van der Waals surface area contributed by atoms with Gasteiger partial charge in [-0.05, 0) is 51.1 Å². The molecular weight excluding hydrogens is 234 g/mol. The first-order valence-corrected chi connectivity index (χ1v) is 7.55. The molecule has 2 nitrogen and oxygen atoms in total. The lowest BCUT2D eigenvalue weighted by Gasteiger charge is -2.30. The highest BCUT2D eigenvalue weighted by molar-refractivity contribution is 5.24. The maximum atomic E-state index is 6.36. The average Bonchev–Trinajstić information content (AvgIpc) is 2.41. The van der Waals surface area contributed by atoms with Crippen molar-refractivity contribution in [2.45, 2.75) is 51.7 Å². The Balaban J connectivity index is 1.99. The van der Waals surface area contributed by atoms with Gasteiger partial charge < -0.3 is 10.1 Å². The van der Waals surface area contributed by atoms with Crippen molar-refractivity contribution in [1.82, 2.24) is 5.32 Å². The maximum absolute atomic E-state index is 6.36. The molecule has 1 atom stereocenters. The van der Waals surface area contributed by atoms with Crippen LogP contribution >= 0.6 is 0 Å². The van der Waals surface area contributed by atoms with E-state index in [4.69, 9.17) is 4.74 Å². The molecule has 1 aliphatic carbocycles. The molecule has 0 saturated heterocycles. The monoisotopic (exact) mass is 261 g/mol. The molecule has 2 heteroatoms. The number of benzene rings is 1. The zero-order chi connectivity index (χ0) is 13.7. The van der Waals surface area contributed by atoms with Crippen LogP contribution in [0.5, 0.6) is 0 Å². The van der Waals surface area contributed by atoms with Crippen LogP contribution in [0.25, 0.3) is 0 Å². The van der Waals surface area contributed by atoms with Crippen LogP contribution in [0, 0.1) is 12.8 Å². The molecule has 1 unspecified atom stereocenters. The van der Waals surface area contributed by atoms with E-state index < -0.39 is 0 Å². The summed E-state index contributed by atoms with van der Waals surface area (Å²) in [5.74, 6) is 0.876. The van der Waals surface area contributed by atoms with Crippen LogP contribution < -0.4 is 5.32 Å². The molecule has 0 radical (unpaired) electrons. The van der Waals surface area contributed by atoms with Crippen molar-refractivity contribution in [2.75, 3.05) is 13.6 Å². The van der Waals surface area contributed by atoms with E-state index >= 15 is 0 Å². The van der Waals surface area contributed by atoms with Gasteiger partial charge >= 0.3 is 0 Å². The van der Waals surface area contributed by atoms with Crippen molar-refractivity contribution in [2.24, 2.45) is 5.92 Å². The topological polar surface area (TPSA) is 21.3 Å². The molecule has 1 fully saturated rings. The fraction of sp³-hybridized carbons (Fsp3) is 0.647. The van der Waals surface area contributed by atoms with Crippen LogP contribution in [0.15, 0.2) is 24.3 Å². The summed E-state index contributed by atoms with van der Waals surface area (Å²) >= 11 is 0. The predicted octanol–water partition coefficient (Wildman–Crippen LogP) is 3.85. The number of ether oxygens (including phenoxy) is 1. The van der Waals surface area contributed by atoms with Crippen molar-refractivity contribution in [1.29, 1.82) is 0 Å². The second-order valence-corrected chi connectivity index (χ2v) is 5.98. The zero-order valence-electron chi connectivity index (χ0n) is 12.5. The Bertz CT molecular complexity index is 383. The third-order valence-corrected chi connectivity index (χ3v) is 4.12. The third kappa shape index (κ3) is 4.32. The van der Waals surface area contributed by atoms with Gasteiger partial charge in [0.05, 0.1) is 12.2 Å². The minimum Gasteiger partial charge on any atom is -0.369 e. The molecule has 0 bridgehead atoms. The van der Waals surface area contributed by atoms with Crippen LogP contribution in [0.1, 0.15) is 49.8 Å². The maximum Gasteiger partial charge on any atom is 0.0952 e. The first-order valence-electron chi connectivity index (χ1n) is 7.55. The third-order valence-electron chi connectivity index (χ3n) is 4.12. The summed E-state index contributed by atoms with van der Waals surface area (Å²) in [5, 5.41) is 3.26. The molecule has 0 spiro atoms. The van der Waals surface area contributed by atoms with Crippen molar-refractivity contribution in [3.05, 3.63) is 35.4 Å². The van der Waals surface area contributed by atoms with E-state index in [0.717, 1.165) is 12.5 Å². The number of aryl methyl sites for hydroxylation is 1. The first-order chi connectivity index (χ1) is 9.19. The van der Waals surface area contributed by atoms with Gasteiger partial charge in [0.1, 0.15) is 0 Å². The Morgan fingerprint density at radius 1 is 1.26 bits per heavy atom. The van der Waals surface area contributed by atoms with Crippen molar-refractivity contribution < 1.29 is 4.74 Å². The Labute approximate surface area is 117 Å². The molecule has 0 aliphatic heterocycles. The summed E-state index contributed by atoms with van der Waals surface area (Å²) in [7, 11) is 2.00. The average molecular weight is 261 g/mol. The number of hydrogen-bond donors (Lipinski definition) is 1. The lowest BCUT2D eigenvalue weighted by atomic mass is 9.89. The molecule has 19 heavy (non-hydrogen) atoms. The molecule has 1 aliphatic rings. The van der Waals surface area contributed by atoms with E-state index in [0.29, 0.717) is 6.10 Å². The van der Waals surface area contributed by atoms with Crippen LogP contribution in [-0.2, 0) is 4.74 Å². The number of rotatable bonds is 5. The molecule has 0 heterocycles. The normalized spacial score (nSPS) is 25.2. The lowest BCUT2D eigenvalue weighted by Crippen LogP contribution is -2.27. The minimum atomic E-state index is 0.184. The molecular formula is C17H27NO. The van der Waals surface area contributed by atoms with E-state index in [1.165, 1.54) is 36.8 Å². The van der Waals surface area contributed by atoms with E-state index in [2.05, 4.69) is 43.4 Å². The highest BCUT2D eigenvalue weighted by Gasteiger charge is 2.22. The van der Waals surface area contributed by atoms with E-state index in [9.17, 15) is 0 Å². The quantitative estimate of drug-likeness (QED) is 0.869. The Morgan fingerprint density at radius 3 is 2.63 bits per heavy atom. The van der Waals surface area contributed by atoms with Gasteiger partial charge in [0, 0.05) is 6.54 Å². The van der Waals surface area contributed by atoms with Gasteiger partial charge in [-0.2, -0.15) is 0 Å². The van der Waals surface area contributed by atoms with Gasteiger partial charge in [0.2, 0.25) is 0 Å². The smallest absolute Gasteiger partial charge is 0.0952 e. The molecule has 1 aromatic rings.